The average Bonchev–Trinajstić information content (AvgIpc) is 2.59. The van der Waals surface area contributed by atoms with Gasteiger partial charge in [0.25, 0.3) is 5.91 Å². The van der Waals surface area contributed by atoms with Crippen LogP contribution in [0.15, 0.2) is 42.5 Å². The summed E-state index contributed by atoms with van der Waals surface area (Å²) in [5.74, 6) is 0.219. The average molecular weight is 346 g/mol. The zero-order chi connectivity index (χ0) is 17.1. The van der Waals surface area contributed by atoms with Crippen molar-refractivity contribution < 1.29 is 15.0 Å². The number of benzene rings is 2. The predicted octanol–water partition coefficient (Wildman–Crippen LogP) is 3.00. The molecule has 0 spiro atoms. The normalized spacial score (nSPS) is 17.8. The lowest BCUT2D eigenvalue weighted by Crippen LogP contribution is -2.35. The van der Waals surface area contributed by atoms with Crippen LogP contribution in [0.4, 0.5) is 0 Å². The molecule has 0 aliphatic heterocycles. The van der Waals surface area contributed by atoms with Crippen LogP contribution in [0.25, 0.3) is 0 Å². The highest BCUT2D eigenvalue weighted by atomic mass is 35.5. The number of phenols is 1. The number of fused-ring (bicyclic) bond motifs is 1. The van der Waals surface area contributed by atoms with Crippen LogP contribution in [-0.4, -0.2) is 22.7 Å². The molecule has 0 radical (unpaired) electrons. The number of carbonyl (C=O) groups excluding carboxylic acids is 1. The molecule has 2 aromatic rings. The number of halogens is 1. The van der Waals surface area contributed by atoms with Crippen LogP contribution in [0, 0.1) is 5.92 Å². The number of hydrogen-bond donors (Lipinski definition) is 3. The molecule has 5 heteroatoms. The molecule has 2 atom stereocenters. The van der Waals surface area contributed by atoms with Gasteiger partial charge in [-0.3, -0.25) is 4.79 Å². The van der Waals surface area contributed by atoms with E-state index in [0.717, 1.165) is 19.3 Å². The minimum Gasteiger partial charge on any atom is -0.508 e. The summed E-state index contributed by atoms with van der Waals surface area (Å²) in [6.45, 7) is 0.525. The Labute approximate surface area is 146 Å². The summed E-state index contributed by atoms with van der Waals surface area (Å²) in [5, 5.41) is 23.0. The second-order valence-electron chi connectivity index (χ2n) is 6.26. The quantitative estimate of drug-likeness (QED) is 0.797. The lowest BCUT2D eigenvalue weighted by Gasteiger charge is -2.25. The number of aryl methyl sites for hydroxylation is 1. The van der Waals surface area contributed by atoms with Crippen LogP contribution >= 0.6 is 11.6 Å². The number of aliphatic hydroxyl groups excluding tert-OH is 1. The van der Waals surface area contributed by atoms with Crippen molar-refractivity contribution in [3.05, 3.63) is 64.2 Å². The van der Waals surface area contributed by atoms with E-state index in [1.54, 1.807) is 30.3 Å². The number of nitrogens with one attached hydrogen (secondary N) is 1. The maximum Gasteiger partial charge on any atom is 0.253 e. The van der Waals surface area contributed by atoms with Crippen molar-refractivity contribution in [2.45, 2.75) is 25.4 Å². The highest BCUT2D eigenvalue weighted by Crippen LogP contribution is 2.28. The summed E-state index contributed by atoms with van der Waals surface area (Å²) >= 11 is 5.89. The molecule has 4 nitrogen and oxygen atoms in total. The van der Waals surface area contributed by atoms with Crippen LogP contribution in [0.3, 0.4) is 0 Å². The molecule has 0 heterocycles. The molecule has 0 aromatic heterocycles. The molecule has 3 N–H and O–H groups in total. The lowest BCUT2D eigenvalue weighted by atomic mass is 9.84. The molecule has 3 rings (SSSR count). The number of hydrogen-bond acceptors (Lipinski definition) is 3. The summed E-state index contributed by atoms with van der Waals surface area (Å²) in [5.41, 5.74) is 2.88. The summed E-state index contributed by atoms with van der Waals surface area (Å²) in [6.07, 6.45) is 1.49. The Morgan fingerprint density at radius 1 is 1.25 bits per heavy atom. The van der Waals surface area contributed by atoms with E-state index in [0.29, 0.717) is 28.8 Å². The maximum absolute atomic E-state index is 12.2. The van der Waals surface area contributed by atoms with Crippen LogP contribution in [0.1, 0.15) is 29.2 Å². The van der Waals surface area contributed by atoms with E-state index in [1.807, 2.05) is 12.1 Å². The third-order valence-corrected chi connectivity index (χ3v) is 4.73. The van der Waals surface area contributed by atoms with Crippen molar-refractivity contribution in [3.63, 3.8) is 0 Å². The van der Waals surface area contributed by atoms with Crippen molar-refractivity contribution in [2.75, 3.05) is 6.54 Å². The van der Waals surface area contributed by atoms with E-state index < -0.39 is 12.0 Å². The first kappa shape index (κ1) is 16.8. The smallest absolute Gasteiger partial charge is 0.253 e. The van der Waals surface area contributed by atoms with Crippen LogP contribution in [0.5, 0.6) is 5.75 Å². The van der Waals surface area contributed by atoms with Gasteiger partial charge in [0.15, 0.2) is 6.10 Å². The highest BCUT2D eigenvalue weighted by molar-refractivity contribution is 6.30. The number of rotatable bonds is 4. The summed E-state index contributed by atoms with van der Waals surface area (Å²) < 4.78 is 0. The Bertz CT molecular complexity index is 747. The second kappa shape index (κ2) is 7.24. The molecule has 0 saturated heterocycles. The Morgan fingerprint density at radius 3 is 2.88 bits per heavy atom. The minimum absolute atomic E-state index is 0.296. The van der Waals surface area contributed by atoms with E-state index in [2.05, 4.69) is 5.32 Å². The Kier molecular flexibility index (Phi) is 5.07. The molecule has 1 amide bonds. The lowest BCUT2D eigenvalue weighted by molar-refractivity contribution is -0.129. The van der Waals surface area contributed by atoms with E-state index in [4.69, 9.17) is 11.6 Å². The van der Waals surface area contributed by atoms with Gasteiger partial charge < -0.3 is 15.5 Å². The van der Waals surface area contributed by atoms with Gasteiger partial charge in [0.05, 0.1) is 0 Å². The first-order valence-electron chi connectivity index (χ1n) is 8.05. The maximum atomic E-state index is 12.2. The molecule has 24 heavy (non-hydrogen) atoms. The third-order valence-electron chi connectivity index (χ3n) is 4.50. The summed E-state index contributed by atoms with van der Waals surface area (Å²) in [4.78, 5) is 12.2. The molecule has 1 aliphatic rings. The van der Waals surface area contributed by atoms with Crippen molar-refractivity contribution in [3.8, 4) is 5.75 Å². The van der Waals surface area contributed by atoms with Gasteiger partial charge in [-0.1, -0.05) is 29.8 Å². The zero-order valence-corrected chi connectivity index (χ0v) is 14.0. The van der Waals surface area contributed by atoms with Gasteiger partial charge >= 0.3 is 0 Å². The molecule has 0 fully saturated rings. The zero-order valence-electron chi connectivity index (χ0n) is 13.2. The van der Waals surface area contributed by atoms with E-state index >= 15 is 0 Å². The van der Waals surface area contributed by atoms with Gasteiger partial charge in [0.2, 0.25) is 0 Å². The van der Waals surface area contributed by atoms with Crippen LogP contribution in [0.2, 0.25) is 5.02 Å². The van der Waals surface area contributed by atoms with Crippen LogP contribution < -0.4 is 5.32 Å². The molecule has 0 bridgehead atoms. The summed E-state index contributed by atoms with van der Waals surface area (Å²) in [7, 11) is 0. The molecule has 2 aromatic carbocycles. The van der Waals surface area contributed by atoms with E-state index in [1.165, 1.54) is 11.1 Å². The fraction of sp³-hybridized carbons (Fsp3) is 0.316. The van der Waals surface area contributed by atoms with Gasteiger partial charge in [-0.05, 0) is 66.1 Å². The van der Waals surface area contributed by atoms with Crippen molar-refractivity contribution in [1.82, 2.24) is 5.32 Å². The van der Waals surface area contributed by atoms with Gasteiger partial charge in [0, 0.05) is 11.6 Å². The summed E-state index contributed by atoms with van der Waals surface area (Å²) in [6, 6.07) is 12.1. The molecule has 0 saturated carbocycles. The van der Waals surface area contributed by atoms with Crippen molar-refractivity contribution in [1.29, 1.82) is 0 Å². The molecule has 2 unspecified atom stereocenters. The molecule has 1 aliphatic carbocycles. The molecular formula is C19H20ClNO3. The standard InChI is InChI=1S/C19H20ClNO3/c20-16-3-1-2-15(9-16)18(23)19(24)21-11-12-4-5-14-10-17(22)7-6-13(14)8-12/h1-3,6-7,9-10,12,18,22-23H,4-5,8,11H2,(H,21,24). The second-order valence-corrected chi connectivity index (χ2v) is 6.70. The Morgan fingerprint density at radius 2 is 2.08 bits per heavy atom. The van der Waals surface area contributed by atoms with Gasteiger partial charge in [-0.2, -0.15) is 0 Å². The number of phenolic OH excluding ortho intramolecular Hbond substituents is 1. The minimum atomic E-state index is -1.21. The SMILES string of the molecule is O=C(NCC1CCc2cc(O)ccc2C1)C(O)c1cccc(Cl)c1. The van der Waals surface area contributed by atoms with Gasteiger partial charge in [0.1, 0.15) is 5.75 Å². The molecular weight excluding hydrogens is 326 g/mol. The first-order valence-corrected chi connectivity index (χ1v) is 8.43. The van der Waals surface area contributed by atoms with Gasteiger partial charge in [-0.15, -0.1) is 0 Å². The fourth-order valence-corrected chi connectivity index (χ4v) is 3.36. The fourth-order valence-electron chi connectivity index (χ4n) is 3.16. The molecule has 126 valence electrons. The third kappa shape index (κ3) is 3.89. The highest BCUT2D eigenvalue weighted by Gasteiger charge is 2.22. The van der Waals surface area contributed by atoms with E-state index in [9.17, 15) is 15.0 Å². The number of aromatic hydroxyl groups is 1. The van der Waals surface area contributed by atoms with E-state index in [-0.39, 0.29) is 0 Å². The Hall–Kier alpha value is -2.04. The number of aliphatic hydroxyl groups is 1. The predicted molar refractivity (Wildman–Crippen MR) is 93.0 cm³/mol. The monoisotopic (exact) mass is 345 g/mol. The van der Waals surface area contributed by atoms with Crippen LogP contribution in [-0.2, 0) is 17.6 Å². The number of carbonyl (C=O) groups is 1. The largest absolute Gasteiger partial charge is 0.508 e. The Balaban J connectivity index is 1.56. The topological polar surface area (TPSA) is 69.6 Å². The van der Waals surface area contributed by atoms with Gasteiger partial charge in [-0.25, -0.2) is 0 Å². The first-order chi connectivity index (χ1) is 11.5. The van der Waals surface area contributed by atoms with Crippen molar-refractivity contribution >= 4 is 17.5 Å². The van der Waals surface area contributed by atoms with Crippen molar-refractivity contribution in [2.24, 2.45) is 5.92 Å². The number of amides is 1.